The van der Waals surface area contributed by atoms with Crippen LogP contribution in [-0.4, -0.2) is 4.98 Å². The highest BCUT2D eigenvalue weighted by Gasteiger charge is 2.38. The molecule has 0 bridgehead atoms. The first kappa shape index (κ1) is 31.8. The van der Waals surface area contributed by atoms with Crippen molar-refractivity contribution in [2.75, 3.05) is 9.80 Å². The molecule has 3 nitrogen and oxygen atoms in total. The van der Waals surface area contributed by atoms with Crippen molar-refractivity contribution in [3.05, 3.63) is 197 Å². The van der Waals surface area contributed by atoms with Gasteiger partial charge in [0.1, 0.15) is 0 Å². The summed E-state index contributed by atoms with van der Waals surface area (Å²) in [5.74, 6) is 0. The number of pyridine rings is 1. The maximum absolute atomic E-state index is 4.32. The van der Waals surface area contributed by atoms with Gasteiger partial charge in [0.05, 0.1) is 22.7 Å². The molecule has 0 aliphatic carbocycles. The second-order valence-corrected chi connectivity index (χ2v) is 15.0. The summed E-state index contributed by atoms with van der Waals surface area (Å²) in [4.78, 5) is 9.14. The molecule has 1 aromatic heterocycles. The lowest BCUT2D eigenvalue weighted by Crippen LogP contribution is -2.30. The molecule has 0 saturated heterocycles. The number of hydrogen-bond donors (Lipinski definition) is 0. The molecule has 0 unspecified atom stereocenters. The highest BCUT2D eigenvalue weighted by atomic mass is 15.2. The Labute approximate surface area is 307 Å². The average molecular weight is 672 g/mol. The Balaban J connectivity index is 1.09. The van der Waals surface area contributed by atoms with E-state index in [1.807, 2.05) is 18.5 Å². The Bertz CT molecular complexity index is 2460. The fraction of sp³-hybridized carbons (Fsp3) is 0.122. The SMILES string of the molecule is CC1(C)c2ccccc2N(c2ccccc2)c2ccc(/C=C/c3ccc4c(c3)C(C)(C)c3ccccc3N4c3ccc(-c4cccnc4)cc3)cc21. The molecule has 2 aliphatic heterocycles. The monoisotopic (exact) mass is 671 g/mol. The molecule has 3 heterocycles. The molecule has 0 fully saturated rings. The van der Waals surface area contributed by atoms with E-state index in [4.69, 9.17) is 0 Å². The van der Waals surface area contributed by atoms with Crippen molar-refractivity contribution in [1.29, 1.82) is 0 Å². The first-order chi connectivity index (χ1) is 25.3. The second kappa shape index (κ2) is 12.2. The number of fused-ring (bicyclic) bond motifs is 4. The lowest BCUT2D eigenvalue weighted by molar-refractivity contribution is 0.631. The van der Waals surface area contributed by atoms with Crippen molar-refractivity contribution in [3.63, 3.8) is 0 Å². The van der Waals surface area contributed by atoms with E-state index in [0.717, 1.165) is 16.8 Å². The first-order valence-corrected chi connectivity index (χ1v) is 18.1. The van der Waals surface area contributed by atoms with Gasteiger partial charge in [-0.1, -0.05) is 125 Å². The van der Waals surface area contributed by atoms with Crippen LogP contribution in [0.1, 0.15) is 61.1 Å². The minimum atomic E-state index is -0.175. The molecular weight excluding hydrogens is 631 g/mol. The van der Waals surface area contributed by atoms with Crippen molar-refractivity contribution in [2.45, 2.75) is 38.5 Å². The van der Waals surface area contributed by atoms with E-state index >= 15 is 0 Å². The lowest BCUT2D eigenvalue weighted by Gasteiger charge is -2.42. The van der Waals surface area contributed by atoms with Crippen molar-refractivity contribution < 1.29 is 0 Å². The third-order valence-corrected chi connectivity index (χ3v) is 11.1. The second-order valence-electron chi connectivity index (χ2n) is 15.0. The van der Waals surface area contributed by atoms with Gasteiger partial charge in [0.15, 0.2) is 0 Å². The molecule has 252 valence electrons. The normalized spacial score (nSPS) is 15.1. The van der Waals surface area contributed by atoms with Crippen LogP contribution in [0.15, 0.2) is 164 Å². The summed E-state index contributed by atoms with van der Waals surface area (Å²) < 4.78 is 0. The van der Waals surface area contributed by atoms with Crippen molar-refractivity contribution in [2.24, 2.45) is 0 Å². The molecule has 3 heteroatoms. The van der Waals surface area contributed by atoms with Gasteiger partial charge in [0, 0.05) is 34.6 Å². The van der Waals surface area contributed by atoms with Crippen LogP contribution in [-0.2, 0) is 10.8 Å². The minimum Gasteiger partial charge on any atom is -0.310 e. The van der Waals surface area contributed by atoms with E-state index in [1.165, 1.54) is 61.8 Å². The van der Waals surface area contributed by atoms with Crippen LogP contribution in [0.4, 0.5) is 34.1 Å². The minimum absolute atomic E-state index is 0.149. The molecule has 52 heavy (non-hydrogen) atoms. The zero-order chi connectivity index (χ0) is 35.5. The van der Waals surface area contributed by atoms with E-state index in [2.05, 4.69) is 200 Å². The summed E-state index contributed by atoms with van der Waals surface area (Å²) in [7, 11) is 0. The van der Waals surface area contributed by atoms with Crippen LogP contribution in [0, 0.1) is 0 Å². The number of anilines is 6. The van der Waals surface area contributed by atoms with E-state index in [0.29, 0.717) is 0 Å². The smallest absolute Gasteiger partial charge is 0.0503 e. The van der Waals surface area contributed by atoms with Gasteiger partial charge in [-0.15, -0.1) is 0 Å². The van der Waals surface area contributed by atoms with Crippen molar-refractivity contribution >= 4 is 46.3 Å². The largest absolute Gasteiger partial charge is 0.310 e. The van der Waals surface area contributed by atoms with Gasteiger partial charge >= 0.3 is 0 Å². The Morgan fingerprint density at radius 2 is 0.904 bits per heavy atom. The Morgan fingerprint density at radius 3 is 1.42 bits per heavy atom. The molecule has 6 aromatic carbocycles. The molecular formula is C49H41N3. The fourth-order valence-corrected chi connectivity index (χ4v) is 8.31. The van der Waals surface area contributed by atoms with Crippen molar-refractivity contribution in [3.8, 4) is 11.1 Å². The van der Waals surface area contributed by atoms with E-state index in [-0.39, 0.29) is 10.8 Å². The number of para-hydroxylation sites is 3. The summed E-state index contributed by atoms with van der Waals surface area (Å²) in [6, 6.07) is 55.2. The number of nitrogens with zero attached hydrogens (tertiary/aromatic N) is 3. The summed E-state index contributed by atoms with van der Waals surface area (Å²) in [6.45, 7) is 9.40. The summed E-state index contributed by atoms with van der Waals surface area (Å²) >= 11 is 0. The molecule has 0 saturated carbocycles. The highest BCUT2D eigenvalue weighted by Crippen LogP contribution is 2.53. The molecule has 0 atom stereocenters. The van der Waals surface area contributed by atoms with E-state index in [1.54, 1.807) is 0 Å². The summed E-state index contributed by atoms with van der Waals surface area (Å²) in [5, 5.41) is 0. The molecule has 0 radical (unpaired) electrons. The quantitative estimate of drug-likeness (QED) is 0.170. The van der Waals surface area contributed by atoms with Gasteiger partial charge in [-0.2, -0.15) is 0 Å². The topological polar surface area (TPSA) is 19.4 Å². The number of rotatable bonds is 5. The van der Waals surface area contributed by atoms with Crippen LogP contribution in [0.25, 0.3) is 23.3 Å². The van der Waals surface area contributed by atoms with Gasteiger partial charge in [0.25, 0.3) is 0 Å². The summed E-state index contributed by atoms with van der Waals surface area (Å²) in [5.41, 5.74) is 16.8. The standard InChI is InChI=1S/C49H41N3/c1-48(2)40-16-8-10-18-44(40)51(38-14-6-5-7-15-38)46-28-22-34(31-42(46)48)20-21-35-23-29-47-43(32-35)49(3,4)41-17-9-11-19-45(41)52(47)39-26-24-36(25-27-39)37-13-12-30-50-33-37/h5-33H,1-4H3/b21-20+. The lowest BCUT2D eigenvalue weighted by atomic mass is 9.73. The van der Waals surface area contributed by atoms with Gasteiger partial charge in [0.2, 0.25) is 0 Å². The molecule has 0 spiro atoms. The van der Waals surface area contributed by atoms with Gasteiger partial charge in [-0.05, 0) is 111 Å². The maximum atomic E-state index is 4.32. The summed E-state index contributed by atoms with van der Waals surface area (Å²) in [6.07, 6.45) is 8.27. The number of aromatic nitrogens is 1. The molecule has 0 amide bonds. The van der Waals surface area contributed by atoms with Crippen LogP contribution in [0.3, 0.4) is 0 Å². The molecule has 7 aromatic rings. The van der Waals surface area contributed by atoms with E-state index in [9.17, 15) is 0 Å². The van der Waals surface area contributed by atoms with E-state index < -0.39 is 0 Å². The zero-order valence-electron chi connectivity index (χ0n) is 30.1. The molecule has 0 N–H and O–H groups in total. The third-order valence-electron chi connectivity index (χ3n) is 11.1. The Kier molecular flexibility index (Phi) is 7.48. The predicted octanol–water partition coefficient (Wildman–Crippen LogP) is 13.1. The highest BCUT2D eigenvalue weighted by molar-refractivity contribution is 5.89. The number of benzene rings is 6. The zero-order valence-corrected chi connectivity index (χ0v) is 30.1. The van der Waals surface area contributed by atoms with Crippen LogP contribution in [0.5, 0.6) is 0 Å². The number of hydrogen-bond acceptors (Lipinski definition) is 3. The molecule has 2 aliphatic rings. The average Bonchev–Trinajstić information content (AvgIpc) is 3.19. The van der Waals surface area contributed by atoms with Crippen LogP contribution in [0.2, 0.25) is 0 Å². The Morgan fingerprint density at radius 1 is 0.423 bits per heavy atom. The van der Waals surface area contributed by atoms with Crippen LogP contribution >= 0.6 is 0 Å². The van der Waals surface area contributed by atoms with Gasteiger partial charge in [-0.3, -0.25) is 4.98 Å². The van der Waals surface area contributed by atoms with Gasteiger partial charge < -0.3 is 9.80 Å². The fourth-order valence-electron chi connectivity index (χ4n) is 8.31. The van der Waals surface area contributed by atoms with Gasteiger partial charge in [-0.25, -0.2) is 0 Å². The van der Waals surface area contributed by atoms with Crippen LogP contribution < -0.4 is 9.80 Å². The Hall–Kier alpha value is -6.19. The molecule has 9 rings (SSSR count). The van der Waals surface area contributed by atoms with Crippen molar-refractivity contribution in [1.82, 2.24) is 4.98 Å². The first-order valence-electron chi connectivity index (χ1n) is 18.1. The third kappa shape index (κ3) is 5.15. The predicted molar refractivity (Wildman–Crippen MR) is 219 cm³/mol. The maximum Gasteiger partial charge on any atom is 0.0503 e.